The second-order valence-electron chi connectivity index (χ2n) is 5.16. The molecule has 0 radical (unpaired) electrons. The van der Waals surface area contributed by atoms with Gasteiger partial charge in [-0.05, 0) is 30.4 Å². The van der Waals surface area contributed by atoms with Crippen molar-refractivity contribution >= 4 is 21.6 Å². The molecular weight excluding hydrogens is 318 g/mol. The molecule has 1 aromatic carbocycles. The highest BCUT2D eigenvalue weighted by molar-refractivity contribution is 9.10. The van der Waals surface area contributed by atoms with Crippen LogP contribution in [0.3, 0.4) is 0 Å². The Kier molecular flexibility index (Phi) is 3.87. The first kappa shape index (κ1) is 13.4. The summed E-state index contributed by atoms with van der Waals surface area (Å²) in [6, 6.07) is 9.47. The molecule has 1 aliphatic rings. The number of anilines is 1. The van der Waals surface area contributed by atoms with Crippen LogP contribution >= 0.6 is 15.9 Å². The van der Waals surface area contributed by atoms with E-state index in [0.29, 0.717) is 6.54 Å². The van der Waals surface area contributed by atoms with Crippen molar-refractivity contribution in [1.82, 2.24) is 9.78 Å². The maximum Gasteiger partial charge on any atom is 0.269 e. The summed E-state index contributed by atoms with van der Waals surface area (Å²) in [4.78, 5) is 12.1. The zero-order valence-electron chi connectivity index (χ0n) is 11.1. The van der Waals surface area contributed by atoms with Crippen molar-refractivity contribution in [3.05, 3.63) is 56.9 Å². The Hall–Kier alpha value is -1.62. The Bertz CT molecular complexity index is 664. The Labute approximate surface area is 126 Å². The molecule has 0 amide bonds. The van der Waals surface area contributed by atoms with Gasteiger partial charge in [-0.2, -0.15) is 5.10 Å². The lowest BCUT2D eigenvalue weighted by atomic mass is 10.2. The number of halogens is 1. The molecule has 0 bridgehead atoms. The summed E-state index contributed by atoms with van der Waals surface area (Å²) in [7, 11) is 0. The van der Waals surface area contributed by atoms with E-state index in [1.54, 1.807) is 12.3 Å². The van der Waals surface area contributed by atoms with E-state index in [0.717, 1.165) is 28.2 Å². The number of hydrogen-bond acceptors (Lipinski definition) is 3. The summed E-state index contributed by atoms with van der Waals surface area (Å²) in [6.07, 6.45) is 4.31. The van der Waals surface area contributed by atoms with Gasteiger partial charge in [0, 0.05) is 17.1 Å². The van der Waals surface area contributed by atoms with Crippen molar-refractivity contribution in [2.24, 2.45) is 5.92 Å². The molecule has 0 atom stereocenters. The fourth-order valence-corrected chi connectivity index (χ4v) is 2.43. The first-order valence-electron chi connectivity index (χ1n) is 6.77. The van der Waals surface area contributed by atoms with Crippen LogP contribution in [-0.2, 0) is 6.54 Å². The minimum atomic E-state index is -0.0819. The fourth-order valence-electron chi connectivity index (χ4n) is 2.02. The monoisotopic (exact) mass is 333 g/mol. The van der Waals surface area contributed by atoms with Gasteiger partial charge in [0.1, 0.15) is 0 Å². The van der Waals surface area contributed by atoms with Crippen molar-refractivity contribution in [1.29, 1.82) is 0 Å². The molecule has 2 aromatic rings. The average Bonchev–Trinajstić information content (AvgIpc) is 3.26. The predicted molar refractivity (Wildman–Crippen MR) is 83.0 cm³/mol. The van der Waals surface area contributed by atoms with Gasteiger partial charge in [0.25, 0.3) is 5.56 Å². The molecule has 1 aromatic heterocycles. The maximum absolute atomic E-state index is 12.1. The summed E-state index contributed by atoms with van der Waals surface area (Å²) in [5.74, 6) is 0.776. The van der Waals surface area contributed by atoms with Gasteiger partial charge in [-0.3, -0.25) is 4.79 Å². The topological polar surface area (TPSA) is 46.9 Å². The van der Waals surface area contributed by atoms with E-state index in [4.69, 9.17) is 0 Å². The van der Waals surface area contributed by atoms with Crippen LogP contribution in [0.1, 0.15) is 18.4 Å². The highest BCUT2D eigenvalue weighted by atomic mass is 79.9. The number of rotatable bonds is 5. The number of nitrogens with zero attached hydrogens (tertiary/aromatic N) is 2. The first-order chi connectivity index (χ1) is 9.72. The lowest BCUT2D eigenvalue weighted by molar-refractivity contribution is 0.638. The van der Waals surface area contributed by atoms with Crippen LogP contribution in [0.2, 0.25) is 0 Å². The van der Waals surface area contributed by atoms with Crippen LogP contribution < -0.4 is 10.9 Å². The van der Waals surface area contributed by atoms with Crippen molar-refractivity contribution in [3.8, 4) is 0 Å². The van der Waals surface area contributed by atoms with Gasteiger partial charge in [0.05, 0.1) is 18.4 Å². The highest BCUT2D eigenvalue weighted by Crippen LogP contribution is 2.28. The molecule has 0 spiro atoms. The van der Waals surface area contributed by atoms with Gasteiger partial charge in [-0.1, -0.05) is 34.1 Å². The number of aromatic nitrogens is 2. The minimum absolute atomic E-state index is 0.0819. The minimum Gasteiger partial charge on any atom is -0.383 e. The fraction of sp³-hybridized carbons (Fsp3) is 0.333. The zero-order chi connectivity index (χ0) is 13.9. The van der Waals surface area contributed by atoms with Gasteiger partial charge in [-0.15, -0.1) is 0 Å². The Morgan fingerprint density at radius 3 is 2.85 bits per heavy atom. The molecule has 4 nitrogen and oxygen atoms in total. The first-order valence-corrected chi connectivity index (χ1v) is 7.56. The average molecular weight is 334 g/mol. The molecule has 3 rings (SSSR count). The van der Waals surface area contributed by atoms with Crippen LogP contribution in [0.4, 0.5) is 5.69 Å². The van der Waals surface area contributed by atoms with E-state index in [1.807, 2.05) is 24.3 Å². The van der Waals surface area contributed by atoms with Crippen molar-refractivity contribution < 1.29 is 0 Å². The second kappa shape index (κ2) is 5.79. The predicted octanol–water partition coefficient (Wildman–Crippen LogP) is 2.88. The SMILES string of the molecule is O=c1cc(NCC2CC2)cnn1Cc1ccccc1Br. The van der Waals surface area contributed by atoms with E-state index < -0.39 is 0 Å². The van der Waals surface area contributed by atoms with E-state index in [2.05, 4.69) is 26.3 Å². The largest absolute Gasteiger partial charge is 0.383 e. The van der Waals surface area contributed by atoms with Crippen LogP contribution in [0.15, 0.2) is 45.8 Å². The highest BCUT2D eigenvalue weighted by Gasteiger charge is 2.20. The molecular formula is C15H16BrN3O. The lowest BCUT2D eigenvalue weighted by Crippen LogP contribution is -2.23. The van der Waals surface area contributed by atoms with E-state index in [1.165, 1.54) is 17.5 Å². The third-order valence-corrected chi connectivity index (χ3v) is 4.21. The molecule has 0 saturated heterocycles. The molecule has 1 heterocycles. The third-order valence-electron chi connectivity index (χ3n) is 3.44. The molecule has 1 saturated carbocycles. The molecule has 0 unspecified atom stereocenters. The van der Waals surface area contributed by atoms with Gasteiger partial charge < -0.3 is 5.32 Å². The summed E-state index contributed by atoms with van der Waals surface area (Å²) >= 11 is 3.49. The number of nitrogens with one attached hydrogen (secondary N) is 1. The standard InChI is InChI=1S/C15H16BrN3O/c16-14-4-2-1-3-12(14)10-19-15(20)7-13(9-18-19)17-8-11-5-6-11/h1-4,7,9,11,17H,5-6,8,10H2. The summed E-state index contributed by atoms with van der Waals surface area (Å²) < 4.78 is 2.47. The van der Waals surface area contributed by atoms with Gasteiger partial charge in [0.15, 0.2) is 0 Å². The zero-order valence-corrected chi connectivity index (χ0v) is 12.6. The van der Waals surface area contributed by atoms with Crippen molar-refractivity contribution in [2.45, 2.75) is 19.4 Å². The Morgan fingerprint density at radius 2 is 2.15 bits per heavy atom. The third kappa shape index (κ3) is 3.28. The summed E-state index contributed by atoms with van der Waals surface area (Å²) in [5, 5.41) is 7.50. The smallest absolute Gasteiger partial charge is 0.269 e. The molecule has 1 N–H and O–H groups in total. The number of benzene rings is 1. The second-order valence-corrected chi connectivity index (χ2v) is 6.01. The van der Waals surface area contributed by atoms with Gasteiger partial charge in [-0.25, -0.2) is 4.68 Å². The molecule has 104 valence electrons. The normalized spacial score (nSPS) is 14.2. The molecule has 1 fully saturated rings. The van der Waals surface area contributed by atoms with E-state index in [-0.39, 0.29) is 5.56 Å². The van der Waals surface area contributed by atoms with E-state index >= 15 is 0 Å². The van der Waals surface area contributed by atoms with Crippen LogP contribution in [-0.4, -0.2) is 16.3 Å². The summed E-state index contributed by atoms with van der Waals surface area (Å²) in [6.45, 7) is 1.42. The quantitative estimate of drug-likeness (QED) is 0.915. The molecule has 1 aliphatic carbocycles. The Balaban J connectivity index is 1.73. The van der Waals surface area contributed by atoms with Crippen LogP contribution in [0.25, 0.3) is 0 Å². The lowest BCUT2D eigenvalue weighted by Gasteiger charge is -2.08. The Morgan fingerprint density at radius 1 is 1.35 bits per heavy atom. The maximum atomic E-state index is 12.1. The van der Waals surface area contributed by atoms with Crippen LogP contribution in [0.5, 0.6) is 0 Å². The van der Waals surface area contributed by atoms with Crippen molar-refractivity contribution in [3.63, 3.8) is 0 Å². The van der Waals surface area contributed by atoms with Gasteiger partial charge >= 0.3 is 0 Å². The van der Waals surface area contributed by atoms with E-state index in [9.17, 15) is 4.79 Å². The molecule has 5 heteroatoms. The van der Waals surface area contributed by atoms with Gasteiger partial charge in [0.2, 0.25) is 0 Å². The molecule has 0 aliphatic heterocycles. The summed E-state index contributed by atoms with van der Waals surface area (Å²) in [5.41, 5.74) is 1.77. The molecule has 20 heavy (non-hydrogen) atoms. The number of hydrogen-bond donors (Lipinski definition) is 1. The van der Waals surface area contributed by atoms with Crippen LogP contribution in [0, 0.1) is 5.92 Å². The van der Waals surface area contributed by atoms with Crippen molar-refractivity contribution in [2.75, 3.05) is 11.9 Å².